The van der Waals surface area contributed by atoms with Crippen LogP contribution in [0.2, 0.25) is 0 Å². The molecule has 0 aliphatic heterocycles. The molecule has 0 saturated carbocycles. The van der Waals surface area contributed by atoms with Crippen LogP contribution in [-0.4, -0.2) is 23.9 Å². The third-order valence-corrected chi connectivity index (χ3v) is 2.94. The van der Waals surface area contributed by atoms with Crippen LogP contribution in [-0.2, 0) is 0 Å². The molecule has 1 heterocycles. The molecule has 0 fully saturated rings. The van der Waals surface area contributed by atoms with Gasteiger partial charge in [0, 0.05) is 5.56 Å². The lowest BCUT2D eigenvalue weighted by molar-refractivity contribution is 0.257. The zero-order valence-electron chi connectivity index (χ0n) is 11.8. The number of H-pyrrole nitrogens is 1. The Morgan fingerprint density at radius 3 is 2.60 bits per heavy atom. The van der Waals surface area contributed by atoms with Gasteiger partial charge in [-0.25, -0.2) is 0 Å². The standard InChI is InChI=1S/C15H18N2O2S/c1-10(2)9-19-13-6-4-11(8-14(13)18-3)12-5-7-15(20)17-16-12/h4-8,10H,9H2,1-3H3,(H,17,20). The Bertz CT molecular complexity index is 618. The fourth-order valence-electron chi connectivity index (χ4n) is 1.71. The molecule has 0 saturated heterocycles. The molecule has 0 atom stereocenters. The highest BCUT2D eigenvalue weighted by atomic mass is 32.1. The summed E-state index contributed by atoms with van der Waals surface area (Å²) in [5, 5.41) is 6.99. The minimum absolute atomic E-state index is 0.468. The van der Waals surface area contributed by atoms with Crippen molar-refractivity contribution in [1.29, 1.82) is 0 Å². The van der Waals surface area contributed by atoms with Crippen molar-refractivity contribution < 1.29 is 9.47 Å². The minimum atomic E-state index is 0.468. The molecule has 0 amide bonds. The molecular formula is C15H18N2O2S. The number of aromatic amines is 1. The molecule has 1 N–H and O–H groups in total. The predicted octanol–water partition coefficient (Wildman–Crippen LogP) is 3.85. The maximum Gasteiger partial charge on any atom is 0.161 e. The molecule has 0 unspecified atom stereocenters. The van der Waals surface area contributed by atoms with Gasteiger partial charge in [-0.15, -0.1) is 0 Å². The second-order valence-electron chi connectivity index (χ2n) is 4.88. The van der Waals surface area contributed by atoms with Crippen LogP contribution in [0.3, 0.4) is 0 Å². The van der Waals surface area contributed by atoms with Crippen molar-refractivity contribution in [2.45, 2.75) is 13.8 Å². The average Bonchev–Trinajstić information content (AvgIpc) is 2.45. The van der Waals surface area contributed by atoms with E-state index < -0.39 is 0 Å². The summed E-state index contributed by atoms with van der Waals surface area (Å²) < 4.78 is 11.7. The summed E-state index contributed by atoms with van der Waals surface area (Å²) in [5.74, 6) is 1.91. The molecule has 1 aromatic heterocycles. The number of benzene rings is 1. The number of rotatable bonds is 5. The molecule has 0 radical (unpaired) electrons. The summed E-state index contributed by atoms with van der Waals surface area (Å²) >= 11 is 4.99. The van der Waals surface area contributed by atoms with Gasteiger partial charge in [0.1, 0.15) is 4.64 Å². The maximum absolute atomic E-state index is 5.73. The Morgan fingerprint density at radius 1 is 1.20 bits per heavy atom. The van der Waals surface area contributed by atoms with Gasteiger partial charge in [-0.2, -0.15) is 5.10 Å². The van der Waals surface area contributed by atoms with Crippen LogP contribution in [0.4, 0.5) is 0 Å². The van der Waals surface area contributed by atoms with E-state index in [0.29, 0.717) is 22.9 Å². The third kappa shape index (κ3) is 3.57. The Labute approximate surface area is 123 Å². The summed E-state index contributed by atoms with van der Waals surface area (Å²) in [6.07, 6.45) is 0. The van der Waals surface area contributed by atoms with Crippen LogP contribution in [0, 0.1) is 10.6 Å². The van der Waals surface area contributed by atoms with E-state index >= 15 is 0 Å². The molecule has 0 aliphatic rings. The lowest BCUT2D eigenvalue weighted by atomic mass is 10.1. The van der Waals surface area contributed by atoms with Crippen molar-refractivity contribution in [3.63, 3.8) is 0 Å². The first-order valence-electron chi connectivity index (χ1n) is 6.47. The van der Waals surface area contributed by atoms with Gasteiger partial charge in [-0.05, 0) is 36.2 Å². The monoisotopic (exact) mass is 290 g/mol. The maximum atomic E-state index is 5.73. The summed E-state index contributed by atoms with van der Waals surface area (Å²) in [6.45, 7) is 4.88. The Morgan fingerprint density at radius 2 is 2.00 bits per heavy atom. The molecule has 5 heteroatoms. The van der Waals surface area contributed by atoms with E-state index in [1.165, 1.54) is 0 Å². The number of nitrogens with zero attached hydrogens (tertiary/aromatic N) is 1. The summed E-state index contributed by atoms with van der Waals surface area (Å²) in [5.41, 5.74) is 1.76. The smallest absolute Gasteiger partial charge is 0.161 e. The van der Waals surface area contributed by atoms with Crippen molar-refractivity contribution in [2.75, 3.05) is 13.7 Å². The van der Waals surface area contributed by atoms with Crippen LogP contribution in [0.5, 0.6) is 11.5 Å². The highest BCUT2D eigenvalue weighted by Gasteiger charge is 2.08. The van der Waals surface area contributed by atoms with Crippen LogP contribution in [0.25, 0.3) is 11.3 Å². The van der Waals surface area contributed by atoms with Crippen LogP contribution in [0.1, 0.15) is 13.8 Å². The van der Waals surface area contributed by atoms with Crippen LogP contribution >= 0.6 is 12.2 Å². The quantitative estimate of drug-likeness (QED) is 0.850. The zero-order chi connectivity index (χ0) is 14.5. The van der Waals surface area contributed by atoms with E-state index in [9.17, 15) is 0 Å². The fraction of sp³-hybridized carbons (Fsp3) is 0.333. The van der Waals surface area contributed by atoms with Gasteiger partial charge >= 0.3 is 0 Å². The van der Waals surface area contributed by atoms with Crippen LogP contribution in [0.15, 0.2) is 30.3 Å². The number of aromatic nitrogens is 2. The van der Waals surface area contributed by atoms with Crippen LogP contribution < -0.4 is 9.47 Å². The first kappa shape index (κ1) is 14.5. The number of hydrogen-bond acceptors (Lipinski definition) is 4. The normalized spacial score (nSPS) is 10.6. The molecule has 1 aromatic carbocycles. The molecule has 2 rings (SSSR count). The summed E-state index contributed by atoms with van der Waals surface area (Å²) in [4.78, 5) is 0. The predicted molar refractivity (Wildman–Crippen MR) is 81.7 cm³/mol. The first-order valence-corrected chi connectivity index (χ1v) is 6.88. The minimum Gasteiger partial charge on any atom is -0.493 e. The molecule has 20 heavy (non-hydrogen) atoms. The Hall–Kier alpha value is -1.88. The van der Waals surface area contributed by atoms with Crippen molar-refractivity contribution in [3.8, 4) is 22.8 Å². The molecule has 0 bridgehead atoms. The lowest BCUT2D eigenvalue weighted by Crippen LogP contribution is -2.05. The van der Waals surface area contributed by atoms with Gasteiger partial charge in [0.05, 0.1) is 19.4 Å². The molecule has 0 aliphatic carbocycles. The van der Waals surface area contributed by atoms with E-state index in [4.69, 9.17) is 21.7 Å². The first-order chi connectivity index (χ1) is 9.60. The highest BCUT2D eigenvalue weighted by Crippen LogP contribution is 2.31. The lowest BCUT2D eigenvalue weighted by Gasteiger charge is -2.13. The molecule has 106 valence electrons. The second-order valence-corrected chi connectivity index (χ2v) is 5.32. The largest absolute Gasteiger partial charge is 0.493 e. The number of hydrogen-bond donors (Lipinski definition) is 1. The Kier molecular flexibility index (Phi) is 4.74. The SMILES string of the molecule is COc1cc(-c2ccc(=S)[nH]n2)ccc1OCC(C)C. The molecule has 2 aromatic rings. The average molecular weight is 290 g/mol. The third-order valence-electron chi connectivity index (χ3n) is 2.71. The van der Waals surface area contributed by atoms with E-state index in [1.54, 1.807) is 7.11 Å². The van der Waals surface area contributed by atoms with Gasteiger partial charge in [0.25, 0.3) is 0 Å². The van der Waals surface area contributed by atoms with Gasteiger partial charge < -0.3 is 9.47 Å². The summed E-state index contributed by atoms with van der Waals surface area (Å²) in [6, 6.07) is 9.46. The summed E-state index contributed by atoms with van der Waals surface area (Å²) in [7, 11) is 1.63. The topological polar surface area (TPSA) is 47.1 Å². The number of ether oxygens (including phenoxy) is 2. The van der Waals surface area contributed by atoms with Crippen molar-refractivity contribution in [1.82, 2.24) is 10.2 Å². The molecule has 0 spiro atoms. The zero-order valence-corrected chi connectivity index (χ0v) is 12.7. The van der Waals surface area contributed by atoms with Gasteiger partial charge in [0.2, 0.25) is 0 Å². The van der Waals surface area contributed by atoms with Gasteiger partial charge in [-0.3, -0.25) is 5.10 Å². The van der Waals surface area contributed by atoms with Gasteiger partial charge in [-0.1, -0.05) is 26.1 Å². The Balaban J connectivity index is 2.28. The van der Waals surface area contributed by atoms with E-state index in [2.05, 4.69) is 24.0 Å². The van der Waals surface area contributed by atoms with Crippen molar-refractivity contribution >= 4 is 12.2 Å². The molecular weight excluding hydrogens is 272 g/mol. The fourth-order valence-corrected chi connectivity index (χ4v) is 1.82. The molecule has 4 nitrogen and oxygen atoms in total. The van der Waals surface area contributed by atoms with E-state index in [0.717, 1.165) is 17.0 Å². The second kappa shape index (κ2) is 6.52. The van der Waals surface area contributed by atoms with Gasteiger partial charge in [0.15, 0.2) is 11.5 Å². The highest BCUT2D eigenvalue weighted by molar-refractivity contribution is 7.71. The van der Waals surface area contributed by atoms with Crippen molar-refractivity contribution in [2.24, 2.45) is 5.92 Å². The van der Waals surface area contributed by atoms with Crippen molar-refractivity contribution in [3.05, 3.63) is 35.0 Å². The van der Waals surface area contributed by atoms with E-state index in [-0.39, 0.29) is 0 Å². The number of nitrogens with one attached hydrogen (secondary N) is 1. The van der Waals surface area contributed by atoms with E-state index in [1.807, 2.05) is 30.3 Å². The number of methoxy groups -OCH3 is 1.